The van der Waals surface area contributed by atoms with Crippen LogP contribution in [-0.2, 0) is 0 Å². The van der Waals surface area contributed by atoms with Crippen molar-refractivity contribution in [2.24, 2.45) is 11.8 Å². The highest BCUT2D eigenvalue weighted by molar-refractivity contribution is 5.28. The Hall–Kier alpha value is -0.660. The first kappa shape index (κ1) is 13.8. The predicted octanol–water partition coefficient (Wildman–Crippen LogP) is 3.75. The second kappa shape index (κ2) is 5.99. The summed E-state index contributed by atoms with van der Waals surface area (Å²) in [5, 5.41) is 3.67. The van der Waals surface area contributed by atoms with Gasteiger partial charge in [-0.3, -0.25) is 0 Å². The second-order valence-corrected chi connectivity index (χ2v) is 6.22. The SMILES string of the molecule is CCCCC(CCC)N1CC(C)C2=C1NCC2C. The van der Waals surface area contributed by atoms with E-state index in [1.165, 1.54) is 44.5 Å². The highest BCUT2D eigenvalue weighted by Crippen LogP contribution is 2.38. The van der Waals surface area contributed by atoms with Gasteiger partial charge in [0.2, 0.25) is 0 Å². The molecule has 2 rings (SSSR count). The summed E-state index contributed by atoms with van der Waals surface area (Å²) in [6.07, 6.45) is 6.70. The monoisotopic (exact) mass is 250 g/mol. The van der Waals surface area contributed by atoms with Crippen LogP contribution in [-0.4, -0.2) is 24.0 Å². The van der Waals surface area contributed by atoms with Crippen molar-refractivity contribution in [3.8, 4) is 0 Å². The van der Waals surface area contributed by atoms with Crippen LogP contribution in [0, 0.1) is 11.8 Å². The number of unbranched alkanes of at least 4 members (excludes halogenated alkanes) is 1. The van der Waals surface area contributed by atoms with E-state index in [4.69, 9.17) is 0 Å². The van der Waals surface area contributed by atoms with Crippen LogP contribution in [0.1, 0.15) is 59.8 Å². The number of nitrogens with zero attached hydrogens (tertiary/aromatic N) is 1. The molecule has 0 saturated heterocycles. The average molecular weight is 250 g/mol. The number of hydrogen-bond acceptors (Lipinski definition) is 2. The normalized spacial score (nSPS) is 28.6. The maximum Gasteiger partial charge on any atom is 0.101 e. The third-order valence-electron chi connectivity index (χ3n) is 4.62. The molecule has 0 aliphatic carbocycles. The van der Waals surface area contributed by atoms with Crippen LogP contribution in [0.2, 0.25) is 0 Å². The van der Waals surface area contributed by atoms with Gasteiger partial charge in [-0.25, -0.2) is 0 Å². The smallest absolute Gasteiger partial charge is 0.101 e. The summed E-state index contributed by atoms with van der Waals surface area (Å²) < 4.78 is 0. The zero-order valence-corrected chi connectivity index (χ0v) is 12.6. The van der Waals surface area contributed by atoms with Crippen molar-refractivity contribution in [2.75, 3.05) is 13.1 Å². The van der Waals surface area contributed by atoms with E-state index < -0.39 is 0 Å². The Balaban J connectivity index is 2.09. The van der Waals surface area contributed by atoms with E-state index in [9.17, 15) is 0 Å². The summed E-state index contributed by atoms with van der Waals surface area (Å²) in [5.41, 5.74) is 1.70. The Kier molecular flexibility index (Phi) is 4.58. The molecule has 0 radical (unpaired) electrons. The van der Waals surface area contributed by atoms with Crippen molar-refractivity contribution in [3.63, 3.8) is 0 Å². The summed E-state index contributed by atoms with van der Waals surface area (Å²) in [5.74, 6) is 3.00. The van der Waals surface area contributed by atoms with Crippen molar-refractivity contribution in [1.82, 2.24) is 10.2 Å². The van der Waals surface area contributed by atoms with Crippen LogP contribution in [0.4, 0.5) is 0 Å². The van der Waals surface area contributed by atoms with Crippen LogP contribution in [0.25, 0.3) is 0 Å². The van der Waals surface area contributed by atoms with E-state index in [1.807, 2.05) is 0 Å². The third kappa shape index (κ3) is 2.53. The van der Waals surface area contributed by atoms with Crippen LogP contribution >= 0.6 is 0 Å². The molecule has 2 aliphatic heterocycles. The van der Waals surface area contributed by atoms with Gasteiger partial charge in [0.1, 0.15) is 5.82 Å². The minimum absolute atomic E-state index is 0.744. The lowest BCUT2D eigenvalue weighted by molar-refractivity contribution is 0.214. The van der Waals surface area contributed by atoms with E-state index in [1.54, 1.807) is 5.57 Å². The molecule has 2 heterocycles. The molecule has 3 unspecified atom stereocenters. The Labute approximate surface area is 113 Å². The molecule has 2 heteroatoms. The minimum atomic E-state index is 0.744. The van der Waals surface area contributed by atoms with Gasteiger partial charge in [0.05, 0.1) is 0 Å². The van der Waals surface area contributed by atoms with Crippen molar-refractivity contribution >= 4 is 0 Å². The molecule has 2 nitrogen and oxygen atoms in total. The van der Waals surface area contributed by atoms with Gasteiger partial charge in [-0.05, 0) is 30.3 Å². The van der Waals surface area contributed by atoms with Crippen LogP contribution in [0.15, 0.2) is 11.4 Å². The predicted molar refractivity (Wildman–Crippen MR) is 78.3 cm³/mol. The molecule has 0 aromatic heterocycles. The lowest BCUT2D eigenvalue weighted by Crippen LogP contribution is -2.38. The maximum atomic E-state index is 3.67. The van der Waals surface area contributed by atoms with E-state index in [2.05, 4.69) is 37.9 Å². The third-order valence-corrected chi connectivity index (χ3v) is 4.62. The van der Waals surface area contributed by atoms with Gasteiger partial charge in [0, 0.05) is 19.1 Å². The van der Waals surface area contributed by atoms with Gasteiger partial charge >= 0.3 is 0 Å². The van der Waals surface area contributed by atoms with Gasteiger partial charge in [0.25, 0.3) is 0 Å². The minimum Gasteiger partial charge on any atom is -0.371 e. The first-order chi connectivity index (χ1) is 8.69. The summed E-state index contributed by atoms with van der Waals surface area (Å²) in [6.45, 7) is 11.8. The van der Waals surface area contributed by atoms with E-state index in [-0.39, 0.29) is 0 Å². The van der Waals surface area contributed by atoms with Gasteiger partial charge in [0.15, 0.2) is 0 Å². The van der Waals surface area contributed by atoms with Gasteiger partial charge in [-0.1, -0.05) is 47.0 Å². The fraction of sp³-hybridized carbons (Fsp3) is 0.875. The molecule has 0 amide bonds. The fourth-order valence-electron chi connectivity index (χ4n) is 3.73. The van der Waals surface area contributed by atoms with Crippen LogP contribution < -0.4 is 5.32 Å². The molecule has 0 aromatic carbocycles. The van der Waals surface area contributed by atoms with Crippen molar-refractivity contribution in [3.05, 3.63) is 11.4 Å². The summed E-state index contributed by atoms with van der Waals surface area (Å²) in [7, 11) is 0. The molecule has 0 spiro atoms. The molecule has 1 N–H and O–H groups in total. The first-order valence-electron chi connectivity index (χ1n) is 7.93. The molecule has 3 atom stereocenters. The number of nitrogens with one attached hydrogen (secondary N) is 1. The Morgan fingerprint density at radius 2 is 1.94 bits per heavy atom. The Morgan fingerprint density at radius 1 is 1.17 bits per heavy atom. The quantitative estimate of drug-likeness (QED) is 0.772. The molecule has 18 heavy (non-hydrogen) atoms. The second-order valence-electron chi connectivity index (χ2n) is 6.22. The molecular weight excluding hydrogens is 220 g/mol. The number of hydrogen-bond donors (Lipinski definition) is 1. The Morgan fingerprint density at radius 3 is 2.61 bits per heavy atom. The lowest BCUT2D eigenvalue weighted by atomic mass is 9.94. The molecule has 0 bridgehead atoms. The highest BCUT2D eigenvalue weighted by atomic mass is 15.3. The number of rotatable bonds is 6. The van der Waals surface area contributed by atoms with Gasteiger partial charge in [-0.15, -0.1) is 0 Å². The van der Waals surface area contributed by atoms with Gasteiger partial charge < -0.3 is 10.2 Å². The summed E-state index contributed by atoms with van der Waals surface area (Å²) in [6, 6.07) is 0.766. The first-order valence-corrected chi connectivity index (χ1v) is 7.93. The summed E-state index contributed by atoms with van der Waals surface area (Å²) >= 11 is 0. The topological polar surface area (TPSA) is 15.3 Å². The Bertz CT molecular complexity index is 308. The average Bonchev–Trinajstić information content (AvgIpc) is 2.88. The maximum absolute atomic E-state index is 3.67. The standard InChI is InChI=1S/C16H30N2/c1-5-7-9-14(8-6-2)18-11-13(4)15-12(3)10-17-16(15)18/h12-14,17H,5-11H2,1-4H3. The van der Waals surface area contributed by atoms with E-state index in [0.29, 0.717) is 0 Å². The van der Waals surface area contributed by atoms with Crippen LogP contribution in [0.5, 0.6) is 0 Å². The molecule has 2 aliphatic rings. The molecular formula is C16H30N2. The summed E-state index contributed by atoms with van der Waals surface area (Å²) in [4.78, 5) is 2.70. The van der Waals surface area contributed by atoms with Crippen molar-refractivity contribution in [1.29, 1.82) is 0 Å². The molecule has 0 saturated carbocycles. The molecule has 104 valence electrons. The largest absolute Gasteiger partial charge is 0.371 e. The fourth-order valence-corrected chi connectivity index (χ4v) is 3.73. The highest BCUT2D eigenvalue weighted by Gasteiger charge is 2.38. The van der Waals surface area contributed by atoms with Crippen LogP contribution in [0.3, 0.4) is 0 Å². The zero-order chi connectivity index (χ0) is 13.1. The van der Waals surface area contributed by atoms with Gasteiger partial charge in [-0.2, -0.15) is 0 Å². The molecule has 0 fully saturated rings. The molecule has 0 aromatic rings. The lowest BCUT2D eigenvalue weighted by Gasteiger charge is -2.32. The van der Waals surface area contributed by atoms with E-state index >= 15 is 0 Å². The van der Waals surface area contributed by atoms with Crippen molar-refractivity contribution < 1.29 is 0 Å². The van der Waals surface area contributed by atoms with Crippen molar-refractivity contribution in [2.45, 2.75) is 65.8 Å². The van der Waals surface area contributed by atoms with E-state index in [0.717, 1.165) is 24.4 Å². The zero-order valence-electron chi connectivity index (χ0n) is 12.6.